The summed E-state index contributed by atoms with van der Waals surface area (Å²) in [4.78, 5) is 0. The molecule has 0 aliphatic rings. The fraction of sp³-hybridized carbons (Fsp3) is 0.250. The quantitative estimate of drug-likeness (QED) is 0.464. The summed E-state index contributed by atoms with van der Waals surface area (Å²) in [5.74, 6) is 0. The molecule has 0 atom stereocenters. The zero-order chi connectivity index (χ0) is 19.8. The molecule has 0 saturated heterocycles. The van der Waals surface area contributed by atoms with E-state index in [-0.39, 0.29) is 5.48 Å². The van der Waals surface area contributed by atoms with Gasteiger partial charge in [0.1, 0.15) is 0 Å². The molecule has 3 aromatic rings. The Bertz CT molecular complexity index is 780. The molecule has 153 valence electrons. The predicted molar refractivity (Wildman–Crippen MR) is 120 cm³/mol. The van der Waals surface area contributed by atoms with Gasteiger partial charge in [0.2, 0.25) is 0 Å². The number of hydrogen-bond acceptors (Lipinski definition) is 3. The van der Waals surface area contributed by atoms with Crippen LogP contribution in [0.5, 0.6) is 0 Å². The van der Waals surface area contributed by atoms with Gasteiger partial charge in [-0.2, -0.15) is 0 Å². The molecule has 0 amide bonds. The summed E-state index contributed by atoms with van der Waals surface area (Å²) in [6.45, 7) is 1.85. The standard InChI is InChI=1S/C24H27GeO3.H2O/c1-26-16-19-10-4-7-13-22(19)25(23-14-8-5-11-20(23)17-27-2)24-15-9-6-12-21(24)18-28-3;/h4-15H,16-18H2,1-3H3;1H2. The van der Waals surface area contributed by atoms with E-state index in [1.165, 1.54) is 29.9 Å². The van der Waals surface area contributed by atoms with Gasteiger partial charge in [0.05, 0.1) is 0 Å². The van der Waals surface area contributed by atoms with Gasteiger partial charge in [-0.25, -0.2) is 0 Å². The van der Waals surface area contributed by atoms with Crippen molar-refractivity contribution in [3.63, 3.8) is 0 Å². The molecule has 0 fully saturated rings. The van der Waals surface area contributed by atoms with E-state index in [2.05, 4.69) is 72.8 Å². The van der Waals surface area contributed by atoms with Crippen LogP contribution in [-0.2, 0) is 34.0 Å². The number of ether oxygens (including phenoxy) is 3. The molecule has 29 heavy (non-hydrogen) atoms. The second-order valence-electron chi connectivity index (χ2n) is 6.65. The first-order valence-corrected chi connectivity index (χ1v) is 12.5. The van der Waals surface area contributed by atoms with Crippen LogP contribution < -0.4 is 13.2 Å². The Morgan fingerprint density at radius 3 is 1.07 bits per heavy atom. The van der Waals surface area contributed by atoms with Crippen molar-refractivity contribution in [2.75, 3.05) is 21.3 Å². The maximum atomic E-state index is 5.52. The number of hydrogen-bond donors (Lipinski definition) is 0. The average molecular weight is 454 g/mol. The summed E-state index contributed by atoms with van der Waals surface area (Å²) < 4.78 is 20.8. The summed E-state index contributed by atoms with van der Waals surface area (Å²) in [7, 11) is 5.27. The summed E-state index contributed by atoms with van der Waals surface area (Å²) >= 11 is -2.13. The Hall–Kier alpha value is -1.96. The first-order valence-electron chi connectivity index (χ1n) is 9.38. The van der Waals surface area contributed by atoms with Crippen molar-refractivity contribution in [1.29, 1.82) is 0 Å². The Morgan fingerprint density at radius 2 is 0.793 bits per heavy atom. The topological polar surface area (TPSA) is 59.2 Å². The molecule has 3 rings (SSSR count). The summed E-state index contributed by atoms with van der Waals surface area (Å²) in [5, 5.41) is 0. The molecule has 0 aliphatic heterocycles. The van der Waals surface area contributed by atoms with E-state index in [9.17, 15) is 0 Å². The minimum atomic E-state index is -2.13. The minimum absolute atomic E-state index is 0. The Morgan fingerprint density at radius 1 is 0.517 bits per heavy atom. The van der Waals surface area contributed by atoms with Crippen molar-refractivity contribution < 1.29 is 19.7 Å². The first kappa shape index (κ1) is 23.3. The van der Waals surface area contributed by atoms with E-state index in [1.54, 1.807) is 21.3 Å². The molecule has 2 N–H and O–H groups in total. The number of benzene rings is 3. The summed E-state index contributed by atoms with van der Waals surface area (Å²) in [5.41, 5.74) is 3.79. The Labute approximate surface area is 177 Å². The van der Waals surface area contributed by atoms with Crippen molar-refractivity contribution in [2.24, 2.45) is 0 Å². The molecule has 0 unspecified atom stereocenters. The van der Waals surface area contributed by atoms with Crippen LogP contribution in [0, 0.1) is 0 Å². The van der Waals surface area contributed by atoms with Gasteiger partial charge >= 0.3 is 172 Å². The molecule has 0 saturated carbocycles. The zero-order valence-electron chi connectivity index (χ0n) is 17.3. The first-order chi connectivity index (χ1) is 13.8. The largest absolute Gasteiger partial charge is 0.412 e. The van der Waals surface area contributed by atoms with Crippen LogP contribution in [0.15, 0.2) is 72.8 Å². The molecule has 3 aromatic carbocycles. The van der Waals surface area contributed by atoms with Crippen molar-refractivity contribution in [3.05, 3.63) is 89.5 Å². The van der Waals surface area contributed by atoms with Gasteiger partial charge in [0, 0.05) is 0 Å². The van der Waals surface area contributed by atoms with E-state index in [4.69, 9.17) is 14.2 Å². The van der Waals surface area contributed by atoms with Crippen molar-refractivity contribution in [3.8, 4) is 0 Å². The van der Waals surface area contributed by atoms with Crippen LogP contribution in [-0.4, -0.2) is 41.2 Å². The van der Waals surface area contributed by atoms with Gasteiger partial charge in [-0.05, 0) is 0 Å². The van der Waals surface area contributed by atoms with E-state index >= 15 is 0 Å². The summed E-state index contributed by atoms with van der Waals surface area (Å²) in [6.07, 6.45) is 0. The fourth-order valence-corrected chi connectivity index (χ4v) is 10.1. The molecule has 0 spiro atoms. The average Bonchev–Trinajstić information content (AvgIpc) is 2.72. The molecular weight excluding hydrogens is 425 g/mol. The van der Waals surface area contributed by atoms with E-state index < -0.39 is 14.3 Å². The number of rotatable bonds is 9. The molecule has 0 bridgehead atoms. The molecule has 4 nitrogen and oxygen atoms in total. The Balaban J connectivity index is 0.00000300. The second-order valence-corrected chi connectivity index (χ2v) is 11.6. The Kier molecular flexibility index (Phi) is 9.57. The monoisotopic (exact) mass is 455 g/mol. The smallest absolute Gasteiger partial charge is 0.412 e. The molecule has 0 aliphatic carbocycles. The minimum Gasteiger partial charge on any atom is -0.412 e. The van der Waals surface area contributed by atoms with Gasteiger partial charge in [-0.3, -0.25) is 0 Å². The molecule has 5 heteroatoms. The van der Waals surface area contributed by atoms with Crippen LogP contribution in [0.4, 0.5) is 0 Å². The summed E-state index contributed by atoms with van der Waals surface area (Å²) in [6, 6.07) is 26.1. The van der Waals surface area contributed by atoms with E-state index in [0.29, 0.717) is 19.8 Å². The molecule has 0 aromatic heterocycles. The van der Waals surface area contributed by atoms with Gasteiger partial charge in [0.25, 0.3) is 0 Å². The van der Waals surface area contributed by atoms with Gasteiger partial charge in [0.15, 0.2) is 0 Å². The van der Waals surface area contributed by atoms with E-state index in [1.807, 2.05) is 0 Å². The van der Waals surface area contributed by atoms with Crippen molar-refractivity contribution in [2.45, 2.75) is 19.8 Å². The molecular formula is C24H29GeO4. The van der Waals surface area contributed by atoms with Gasteiger partial charge < -0.3 is 5.48 Å². The molecule has 0 heterocycles. The van der Waals surface area contributed by atoms with Gasteiger partial charge in [-0.15, -0.1) is 0 Å². The second kappa shape index (κ2) is 11.9. The van der Waals surface area contributed by atoms with Crippen LogP contribution in [0.2, 0.25) is 0 Å². The SMILES string of the molecule is COCc1cccc[c]1[Ge]([c]1ccccc1COC)[c]1ccccc1COC.O. The third kappa shape index (κ3) is 5.56. The van der Waals surface area contributed by atoms with Crippen LogP contribution in [0.1, 0.15) is 16.7 Å². The van der Waals surface area contributed by atoms with Gasteiger partial charge in [-0.1, -0.05) is 0 Å². The third-order valence-electron chi connectivity index (χ3n) is 4.76. The van der Waals surface area contributed by atoms with E-state index in [0.717, 1.165) is 0 Å². The zero-order valence-corrected chi connectivity index (χ0v) is 19.4. The predicted octanol–water partition coefficient (Wildman–Crippen LogP) is 1.82. The van der Waals surface area contributed by atoms with Crippen LogP contribution >= 0.6 is 0 Å². The molecule has 1 radical (unpaired) electrons. The van der Waals surface area contributed by atoms with Crippen LogP contribution in [0.3, 0.4) is 0 Å². The van der Waals surface area contributed by atoms with Crippen molar-refractivity contribution >= 4 is 27.5 Å². The van der Waals surface area contributed by atoms with Crippen molar-refractivity contribution in [1.82, 2.24) is 0 Å². The number of methoxy groups -OCH3 is 3. The third-order valence-corrected chi connectivity index (χ3v) is 11.2. The fourth-order valence-electron chi connectivity index (χ4n) is 3.57. The van der Waals surface area contributed by atoms with Crippen LogP contribution in [0.25, 0.3) is 0 Å². The normalized spacial score (nSPS) is 10.8. The maximum absolute atomic E-state index is 5.52. The maximum Gasteiger partial charge on any atom is -0.412 e.